The summed E-state index contributed by atoms with van der Waals surface area (Å²) in [6, 6.07) is 15.4. The molecule has 2 aliphatic rings. The number of hydrogen-bond acceptors (Lipinski definition) is 9. The van der Waals surface area contributed by atoms with E-state index in [9.17, 15) is 14.9 Å². The zero-order chi connectivity index (χ0) is 30.7. The Labute approximate surface area is 252 Å². The van der Waals surface area contributed by atoms with E-state index in [1.165, 1.54) is 0 Å². The van der Waals surface area contributed by atoms with Crippen molar-refractivity contribution < 1.29 is 19.1 Å². The van der Waals surface area contributed by atoms with Gasteiger partial charge in [-0.1, -0.05) is 6.07 Å². The predicted molar refractivity (Wildman–Crippen MR) is 166 cm³/mol. The molecule has 3 N–H and O–H groups in total. The van der Waals surface area contributed by atoms with Crippen LogP contribution in [-0.4, -0.2) is 79.0 Å². The Balaban J connectivity index is 1.26. The van der Waals surface area contributed by atoms with Crippen molar-refractivity contribution in [2.24, 2.45) is 0 Å². The molecule has 2 aromatic carbocycles. The first kappa shape index (κ1) is 29.9. The van der Waals surface area contributed by atoms with Gasteiger partial charge in [0.2, 0.25) is 0 Å². The summed E-state index contributed by atoms with van der Waals surface area (Å²) in [7, 11) is 0. The van der Waals surface area contributed by atoms with E-state index >= 15 is 0 Å². The number of nitriles is 1. The Morgan fingerprint density at radius 2 is 1.84 bits per heavy atom. The van der Waals surface area contributed by atoms with Gasteiger partial charge in [0.1, 0.15) is 11.7 Å². The van der Waals surface area contributed by atoms with Crippen molar-refractivity contribution in [3.63, 3.8) is 0 Å². The van der Waals surface area contributed by atoms with Crippen molar-refractivity contribution in [2.75, 3.05) is 54.8 Å². The number of nitrogens with one attached hydrogen (secondary N) is 1. The number of nitrogens with two attached hydrogens (primary N) is 1. The number of nitrogen functional groups attached to an aromatic ring is 1. The van der Waals surface area contributed by atoms with Crippen LogP contribution in [-0.2, 0) is 20.8 Å². The van der Waals surface area contributed by atoms with Gasteiger partial charge in [0, 0.05) is 73.5 Å². The molecule has 2 amide bonds. The molecule has 0 aliphatic carbocycles. The molecule has 0 bridgehead atoms. The minimum absolute atomic E-state index is 0.189. The van der Waals surface area contributed by atoms with Crippen LogP contribution in [0.5, 0.6) is 0 Å². The Morgan fingerprint density at radius 1 is 1.07 bits per heavy atom. The first-order valence-electron chi connectivity index (χ1n) is 14.6. The number of pyridine rings is 1. The van der Waals surface area contributed by atoms with Crippen molar-refractivity contribution >= 4 is 40.0 Å². The number of carbonyl (C=O) groups excluding carboxylic acids is 2. The first-order chi connectivity index (χ1) is 20.5. The van der Waals surface area contributed by atoms with Crippen LogP contribution in [0.3, 0.4) is 0 Å². The van der Waals surface area contributed by atoms with Gasteiger partial charge in [-0.2, -0.15) is 5.26 Å². The smallest absolute Gasteiger partial charge is 0.410 e. The largest absolute Gasteiger partial charge is 0.444 e. The number of piperazine rings is 1. The topological polar surface area (TPSA) is 137 Å². The van der Waals surface area contributed by atoms with Gasteiger partial charge >= 0.3 is 6.09 Å². The molecule has 11 heteroatoms. The molecule has 43 heavy (non-hydrogen) atoms. The Morgan fingerprint density at radius 3 is 2.56 bits per heavy atom. The Kier molecular flexibility index (Phi) is 8.59. The summed E-state index contributed by atoms with van der Waals surface area (Å²) in [5.41, 5.74) is 10.3. The SMILES string of the molecule is C[C@@H]1CN(c2ccc(C#N)c3ncccc23)C[C@H](C(=O)NCc2c(N)cccc2N2CCN(C(=O)OC(C)(C)C)CC2)O1. The van der Waals surface area contributed by atoms with Crippen molar-refractivity contribution in [3.05, 3.63) is 59.8 Å². The number of nitrogens with zero attached hydrogens (tertiary/aromatic N) is 5. The quantitative estimate of drug-likeness (QED) is 0.430. The molecule has 0 saturated carbocycles. The van der Waals surface area contributed by atoms with Gasteiger partial charge in [-0.25, -0.2) is 4.79 Å². The van der Waals surface area contributed by atoms with Gasteiger partial charge in [-0.15, -0.1) is 0 Å². The molecule has 5 rings (SSSR count). The van der Waals surface area contributed by atoms with Gasteiger partial charge in [0.25, 0.3) is 5.91 Å². The minimum Gasteiger partial charge on any atom is -0.444 e. The summed E-state index contributed by atoms with van der Waals surface area (Å²) in [5.74, 6) is -0.225. The molecule has 3 heterocycles. The predicted octanol–water partition coefficient (Wildman–Crippen LogP) is 3.66. The number of fused-ring (bicyclic) bond motifs is 1. The fourth-order valence-corrected chi connectivity index (χ4v) is 5.64. The van der Waals surface area contributed by atoms with Crippen LogP contribution in [0.2, 0.25) is 0 Å². The average Bonchev–Trinajstić information content (AvgIpc) is 2.98. The van der Waals surface area contributed by atoms with Crippen molar-refractivity contribution in [3.8, 4) is 6.07 Å². The Bertz CT molecular complexity index is 1540. The van der Waals surface area contributed by atoms with Crippen LogP contribution in [0.4, 0.5) is 21.9 Å². The third kappa shape index (κ3) is 6.75. The summed E-state index contributed by atoms with van der Waals surface area (Å²) < 4.78 is 11.6. The van der Waals surface area contributed by atoms with Crippen molar-refractivity contribution in [1.29, 1.82) is 5.26 Å². The average molecular weight is 586 g/mol. The molecule has 2 aliphatic heterocycles. The van der Waals surface area contributed by atoms with Crippen LogP contribution >= 0.6 is 0 Å². The van der Waals surface area contributed by atoms with Gasteiger partial charge in [-0.05, 0) is 64.1 Å². The van der Waals surface area contributed by atoms with E-state index in [0.29, 0.717) is 56.0 Å². The fourth-order valence-electron chi connectivity index (χ4n) is 5.64. The number of benzene rings is 2. The maximum atomic E-state index is 13.5. The van der Waals surface area contributed by atoms with E-state index in [-0.39, 0.29) is 24.6 Å². The van der Waals surface area contributed by atoms with Gasteiger partial charge in [0.05, 0.1) is 23.7 Å². The van der Waals surface area contributed by atoms with E-state index in [2.05, 4.69) is 26.2 Å². The summed E-state index contributed by atoms with van der Waals surface area (Å²) in [4.78, 5) is 36.4. The summed E-state index contributed by atoms with van der Waals surface area (Å²) >= 11 is 0. The van der Waals surface area contributed by atoms with Gasteiger partial charge in [0.15, 0.2) is 6.10 Å². The van der Waals surface area contributed by atoms with Crippen LogP contribution in [0, 0.1) is 11.3 Å². The number of anilines is 3. The number of hydrogen-bond donors (Lipinski definition) is 2. The summed E-state index contributed by atoms with van der Waals surface area (Å²) in [6.45, 7) is 11.0. The van der Waals surface area contributed by atoms with Crippen molar-refractivity contribution in [1.82, 2.24) is 15.2 Å². The molecule has 2 fully saturated rings. The second-order valence-electron chi connectivity index (χ2n) is 12.0. The monoisotopic (exact) mass is 585 g/mol. The number of aromatic nitrogens is 1. The van der Waals surface area contributed by atoms with E-state index in [4.69, 9.17) is 15.2 Å². The summed E-state index contributed by atoms with van der Waals surface area (Å²) in [6.07, 6.45) is 0.478. The summed E-state index contributed by atoms with van der Waals surface area (Å²) in [5, 5.41) is 13.4. The molecular formula is C32H39N7O4. The van der Waals surface area contributed by atoms with Crippen LogP contribution in [0.25, 0.3) is 10.9 Å². The number of rotatable bonds is 5. The molecule has 0 spiro atoms. The zero-order valence-electron chi connectivity index (χ0n) is 25.2. The number of carbonyl (C=O) groups is 2. The normalized spacial score (nSPS) is 19.2. The molecule has 226 valence electrons. The number of morpholine rings is 1. The van der Waals surface area contributed by atoms with Gasteiger partial charge in [-0.3, -0.25) is 9.78 Å². The lowest BCUT2D eigenvalue weighted by atomic mass is 10.1. The third-order valence-electron chi connectivity index (χ3n) is 7.66. The molecule has 3 aromatic rings. The highest BCUT2D eigenvalue weighted by Gasteiger charge is 2.32. The standard InChI is InChI=1S/C32H39N7O4/c1-21-19-39(27-11-10-22(17-33)29-23(27)7-6-12-35-29)20-28(42-21)30(40)36-18-24-25(34)8-5-9-26(24)37-13-15-38(16-14-37)31(41)43-32(2,3)4/h5-12,21,28H,13-16,18-20,34H2,1-4H3,(H,36,40)/t21-,28-/m1/s1. The maximum absolute atomic E-state index is 13.5. The molecule has 2 saturated heterocycles. The number of amides is 2. The Hall–Kier alpha value is -4.56. The molecule has 0 radical (unpaired) electrons. The van der Waals surface area contributed by atoms with E-state index in [1.54, 1.807) is 17.2 Å². The van der Waals surface area contributed by atoms with Gasteiger partial charge < -0.3 is 35.2 Å². The third-order valence-corrected chi connectivity index (χ3v) is 7.66. The molecule has 1 aromatic heterocycles. The lowest BCUT2D eigenvalue weighted by Crippen LogP contribution is -2.53. The van der Waals surface area contributed by atoms with Crippen molar-refractivity contribution in [2.45, 2.75) is 52.0 Å². The molecule has 11 nitrogen and oxygen atoms in total. The highest BCUT2D eigenvalue weighted by Crippen LogP contribution is 2.31. The lowest BCUT2D eigenvalue weighted by Gasteiger charge is -2.38. The van der Waals surface area contributed by atoms with E-state index < -0.39 is 11.7 Å². The molecule has 2 atom stereocenters. The minimum atomic E-state index is -0.697. The van der Waals surface area contributed by atoms with E-state index in [0.717, 1.165) is 22.3 Å². The first-order valence-corrected chi connectivity index (χ1v) is 14.6. The zero-order valence-corrected chi connectivity index (χ0v) is 25.2. The van der Waals surface area contributed by atoms with Crippen LogP contribution in [0.1, 0.15) is 38.8 Å². The maximum Gasteiger partial charge on any atom is 0.410 e. The number of ether oxygens (including phenoxy) is 2. The second-order valence-corrected chi connectivity index (χ2v) is 12.0. The van der Waals surface area contributed by atoms with Crippen LogP contribution < -0.4 is 20.9 Å². The fraction of sp³-hybridized carbons (Fsp3) is 0.438. The lowest BCUT2D eigenvalue weighted by molar-refractivity contribution is -0.137. The molecule has 0 unspecified atom stereocenters. The second kappa shape index (κ2) is 12.4. The molecular weight excluding hydrogens is 546 g/mol. The highest BCUT2D eigenvalue weighted by molar-refractivity contribution is 5.95. The highest BCUT2D eigenvalue weighted by atomic mass is 16.6. The van der Waals surface area contributed by atoms with Crippen LogP contribution in [0.15, 0.2) is 48.7 Å². The van der Waals surface area contributed by atoms with E-state index in [1.807, 2.05) is 64.1 Å².